The zero-order chi connectivity index (χ0) is 16.3. The molecule has 0 unspecified atom stereocenters. The summed E-state index contributed by atoms with van der Waals surface area (Å²) in [5.41, 5.74) is 2.67. The van der Waals surface area contributed by atoms with Crippen molar-refractivity contribution in [3.05, 3.63) is 59.7 Å². The average molecular weight is 313 g/mol. The lowest BCUT2D eigenvalue weighted by molar-refractivity contribution is 0.289. The average Bonchev–Trinajstić information content (AvgIpc) is 2.62. The van der Waals surface area contributed by atoms with Crippen LogP contribution in [0.5, 0.6) is 11.5 Å². The van der Waals surface area contributed by atoms with Gasteiger partial charge in [0.2, 0.25) is 0 Å². The summed E-state index contributed by atoms with van der Waals surface area (Å²) in [6, 6.07) is 16.6. The van der Waals surface area contributed by atoms with Crippen molar-refractivity contribution in [3.8, 4) is 11.5 Å². The van der Waals surface area contributed by atoms with E-state index in [4.69, 9.17) is 9.47 Å². The van der Waals surface area contributed by atoms with E-state index < -0.39 is 0 Å². The van der Waals surface area contributed by atoms with Gasteiger partial charge >= 0.3 is 0 Å². The fourth-order valence-corrected chi connectivity index (χ4v) is 2.25. The molecule has 1 N–H and O–H groups in total. The first kappa shape index (κ1) is 17.4. The zero-order valence-electron chi connectivity index (χ0n) is 14.2. The van der Waals surface area contributed by atoms with E-state index in [1.807, 2.05) is 24.3 Å². The summed E-state index contributed by atoms with van der Waals surface area (Å²) in [6.07, 6.45) is 2.12. The second-order valence-corrected chi connectivity index (χ2v) is 5.44. The summed E-state index contributed by atoms with van der Waals surface area (Å²) < 4.78 is 11.4. The Hall–Kier alpha value is -2.00. The predicted molar refractivity (Wildman–Crippen MR) is 95.5 cm³/mol. The minimum Gasteiger partial charge on any atom is -0.492 e. The Morgan fingerprint density at radius 1 is 0.652 bits per heavy atom. The third-order valence-corrected chi connectivity index (χ3v) is 3.76. The SMILES string of the molecule is CCc1ccc(OCCNCCOc2ccc(CC)cc2)cc1. The molecular formula is C20H27NO2. The van der Waals surface area contributed by atoms with Gasteiger partial charge in [0.25, 0.3) is 0 Å². The first-order chi connectivity index (χ1) is 11.3. The summed E-state index contributed by atoms with van der Waals surface area (Å²) in [5, 5.41) is 3.32. The van der Waals surface area contributed by atoms with E-state index in [0.29, 0.717) is 13.2 Å². The second-order valence-electron chi connectivity index (χ2n) is 5.44. The molecule has 2 aromatic carbocycles. The van der Waals surface area contributed by atoms with Crippen molar-refractivity contribution in [1.82, 2.24) is 5.32 Å². The van der Waals surface area contributed by atoms with Crippen LogP contribution in [0.2, 0.25) is 0 Å². The molecule has 3 heteroatoms. The Morgan fingerprint density at radius 2 is 1.04 bits per heavy atom. The Labute approximate surface area is 139 Å². The van der Waals surface area contributed by atoms with Crippen LogP contribution in [0.3, 0.4) is 0 Å². The number of benzene rings is 2. The lowest BCUT2D eigenvalue weighted by atomic mass is 10.2. The molecular weight excluding hydrogens is 286 g/mol. The van der Waals surface area contributed by atoms with Crippen molar-refractivity contribution in [1.29, 1.82) is 0 Å². The zero-order valence-corrected chi connectivity index (χ0v) is 14.2. The van der Waals surface area contributed by atoms with Gasteiger partial charge in [-0.15, -0.1) is 0 Å². The van der Waals surface area contributed by atoms with Crippen molar-refractivity contribution in [2.75, 3.05) is 26.3 Å². The first-order valence-corrected chi connectivity index (χ1v) is 8.46. The molecule has 0 aromatic heterocycles. The molecule has 3 nitrogen and oxygen atoms in total. The van der Waals surface area contributed by atoms with Crippen molar-refractivity contribution in [2.45, 2.75) is 26.7 Å². The van der Waals surface area contributed by atoms with Crippen LogP contribution < -0.4 is 14.8 Å². The van der Waals surface area contributed by atoms with E-state index in [1.165, 1.54) is 11.1 Å². The van der Waals surface area contributed by atoms with Crippen molar-refractivity contribution < 1.29 is 9.47 Å². The Kier molecular flexibility index (Phi) is 7.47. The van der Waals surface area contributed by atoms with Crippen LogP contribution in [0.15, 0.2) is 48.5 Å². The molecule has 2 aromatic rings. The van der Waals surface area contributed by atoms with E-state index in [1.54, 1.807) is 0 Å². The second kappa shape index (κ2) is 9.90. The Bertz CT molecular complexity index is 497. The summed E-state index contributed by atoms with van der Waals surface area (Å²) in [4.78, 5) is 0. The maximum absolute atomic E-state index is 5.69. The number of rotatable bonds is 10. The largest absolute Gasteiger partial charge is 0.492 e. The summed E-state index contributed by atoms with van der Waals surface area (Å²) in [5.74, 6) is 1.85. The lowest BCUT2D eigenvalue weighted by Gasteiger charge is -2.09. The van der Waals surface area contributed by atoms with E-state index >= 15 is 0 Å². The van der Waals surface area contributed by atoms with Gasteiger partial charge in [-0.05, 0) is 48.2 Å². The molecule has 23 heavy (non-hydrogen) atoms. The van der Waals surface area contributed by atoms with E-state index in [9.17, 15) is 0 Å². The van der Waals surface area contributed by atoms with Crippen LogP contribution in [-0.4, -0.2) is 26.3 Å². The van der Waals surface area contributed by atoms with Gasteiger partial charge in [-0.3, -0.25) is 0 Å². The van der Waals surface area contributed by atoms with Crippen LogP contribution in [0.25, 0.3) is 0 Å². The Morgan fingerprint density at radius 3 is 1.39 bits per heavy atom. The summed E-state index contributed by atoms with van der Waals surface area (Å²) in [6.45, 7) is 7.26. The number of nitrogens with one attached hydrogen (secondary N) is 1. The molecule has 0 aliphatic rings. The highest BCUT2D eigenvalue weighted by Crippen LogP contribution is 2.13. The molecule has 0 aliphatic heterocycles. The highest BCUT2D eigenvalue weighted by Gasteiger charge is 1.96. The van der Waals surface area contributed by atoms with Gasteiger partial charge < -0.3 is 14.8 Å². The smallest absolute Gasteiger partial charge is 0.119 e. The fourth-order valence-electron chi connectivity index (χ4n) is 2.25. The molecule has 0 atom stereocenters. The van der Waals surface area contributed by atoms with Gasteiger partial charge in [0, 0.05) is 13.1 Å². The number of hydrogen-bond donors (Lipinski definition) is 1. The topological polar surface area (TPSA) is 30.5 Å². The van der Waals surface area contributed by atoms with Crippen molar-refractivity contribution in [2.24, 2.45) is 0 Å². The van der Waals surface area contributed by atoms with Gasteiger partial charge in [-0.2, -0.15) is 0 Å². The fraction of sp³-hybridized carbons (Fsp3) is 0.400. The normalized spacial score (nSPS) is 10.5. The third-order valence-electron chi connectivity index (χ3n) is 3.76. The lowest BCUT2D eigenvalue weighted by Crippen LogP contribution is -2.25. The third kappa shape index (κ3) is 6.33. The van der Waals surface area contributed by atoms with Gasteiger partial charge in [0.15, 0.2) is 0 Å². The summed E-state index contributed by atoms with van der Waals surface area (Å²) >= 11 is 0. The molecule has 0 aliphatic carbocycles. The first-order valence-electron chi connectivity index (χ1n) is 8.46. The predicted octanol–water partition coefficient (Wildman–Crippen LogP) is 3.86. The molecule has 2 rings (SSSR count). The minimum atomic E-state index is 0.663. The molecule has 0 radical (unpaired) electrons. The van der Waals surface area contributed by atoms with Gasteiger partial charge in [-0.25, -0.2) is 0 Å². The number of ether oxygens (including phenoxy) is 2. The van der Waals surface area contributed by atoms with Crippen molar-refractivity contribution in [3.63, 3.8) is 0 Å². The standard InChI is InChI=1S/C20H27NO2/c1-3-17-5-9-19(10-6-17)22-15-13-21-14-16-23-20-11-7-18(4-2)8-12-20/h5-12,21H,3-4,13-16H2,1-2H3. The maximum atomic E-state index is 5.69. The van der Waals surface area contributed by atoms with Gasteiger partial charge in [0.05, 0.1) is 0 Å². The van der Waals surface area contributed by atoms with Crippen molar-refractivity contribution >= 4 is 0 Å². The van der Waals surface area contributed by atoms with Crippen LogP contribution in [0.4, 0.5) is 0 Å². The molecule has 0 saturated carbocycles. The van der Waals surface area contributed by atoms with E-state index in [-0.39, 0.29) is 0 Å². The van der Waals surface area contributed by atoms with Crippen LogP contribution in [0.1, 0.15) is 25.0 Å². The quantitative estimate of drug-likeness (QED) is 0.676. The molecule has 0 spiro atoms. The minimum absolute atomic E-state index is 0.663. The monoisotopic (exact) mass is 313 g/mol. The highest BCUT2D eigenvalue weighted by atomic mass is 16.5. The number of aryl methyl sites for hydroxylation is 2. The molecule has 0 fully saturated rings. The van der Waals surface area contributed by atoms with Gasteiger partial charge in [-0.1, -0.05) is 38.1 Å². The van der Waals surface area contributed by atoms with Gasteiger partial charge in [0.1, 0.15) is 24.7 Å². The van der Waals surface area contributed by atoms with E-state index in [2.05, 4.69) is 43.4 Å². The van der Waals surface area contributed by atoms with E-state index in [0.717, 1.165) is 37.4 Å². The maximum Gasteiger partial charge on any atom is 0.119 e. The van der Waals surface area contributed by atoms with Crippen LogP contribution >= 0.6 is 0 Å². The number of hydrogen-bond acceptors (Lipinski definition) is 3. The molecule has 0 saturated heterocycles. The van der Waals surface area contributed by atoms with Crippen LogP contribution in [-0.2, 0) is 12.8 Å². The molecule has 124 valence electrons. The molecule has 0 amide bonds. The molecule has 0 heterocycles. The molecule has 0 bridgehead atoms. The van der Waals surface area contributed by atoms with Crippen LogP contribution in [0, 0.1) is 0 Å². The highest BCUT2D eigenvalue weighted by molar-refractivity contribution is 5.27. The summed E-state index contributed by atoms with van der Waals surface area (Å²) in [7, 11) is 0. The Balaban J connectivity index is 1.53.